The van der Waals surface area contributed by atoms with Gasteiger partial charge in [-0.1, -0.05) is 44.2 Å². The van der Waals surface area contributed by atoms with Gasteiger partial charge in [0.25, 0.3) is 5.91 Å². The Balaban J connectivity index is 0.000000973. The van der Waals surface area contributed by atoms with Crippen LogP contribution in [0.2, 0.25) is 0 Å². The first kappa shape index (κ1) is 44.7. The third kappa shape index (κ3) is 13.3. The molecule has 58 heavy (non-hydrogen) atoms. The number of alkyl halides is 3. The van der Waals surface area contributed by atoms with Crippen molar-refractivity contribution >= 4 is 46.4 Å². The van der Waals surface area contributed by atoms with E-state index in [0.717, 1.165) is 65.6 Å². The van der Waals surface area contributed by atoms with Gasteiger partial charge in [-0.2, -0.15) is 18.3 Å². The van der Waals surface area contributed by atoms with Gasteiger partial charge in [0.2, 0.25) is 11.8 Å². The summed E-state index contributed by atoms with van der Waals surface area (Å²) in [5.41, 5.74) is 5.85. The quantitative estimate of drug-likeness (QED) is 0.0753. The normalized spacial score (nSPS) is 15.8. The zero-order valence-corrected chi connectivity index (χ0v) is 32.6. The van der Waals surface area contributed by atoms with Crippen molar-refractivity contribution in [1.82, 2.24) is 31.0 Å². The number of rotatable bonds is 15. The second kappa shape index (κ2) is 21.0. The molecule has 312 valence electrons. The summed E-state index contributed by atoms with van der Waals surface area (Å²) in [6.45, 7) is 9.88. The highest BCUT2D eigenvalue weighted by molar-refractivity contribution is 5.99. The highest BCUT2D eigenvalue weighted by atomic mass is 19.4. The molecule has 0 unspecified atom stereocenters. The minimum absolute atomic E-state index is 0.0914. The van der Waals surface area contributed by atoms with E-state index in [1.807, 2.05) is 61.5 Å². The first-order valence-electron chi connectivity index (χ1n) is 19.1. The Morgan fingerprint density at radius 2 is 1.59 bits per heavy atom. The number of aromatic amines is 1. The van der Waals surface area contributed by atoms with Gasteiger partial charge < -0.3 is 36.4 Å². The molecular weight excluding hydrogens is 759 g/mol. The molecule has 1 aromatic heterocycles. The van der Waals surface area contributed by atoms with Crippen molar-refractivity contribution in [2.24, 2.45) is 11.8 Å². The van der Waals surface area contributed by atoms with Gasteiger partial charge in [-0.3, -0.25) is 19.5 Å². The van der Waals surface area contributed by atoms with E-state index in [1.165, 1.54) is 0 Å². The number of aliphatic carboxylic acids is 1. The van der Waals surface area contributed by atoms with Crippen LogP contribution in [0.1, 0.15) is 61.0 Å². The monoisotopic (exact) mass is 809 g/mol. The Kier molecular flexibility index (Phi) is 16.2. The molecule has 4 aromatic rings. The lowest BCUT2D eigenvalue weighted by Crippen LogP contribution is -2.48. The molecule has 7 N–H and O–H groups in total. The molecule has 1 aliphatic rings. The lowest BCUT2D eigenvalue weighted by atomic mass is 9.81. The zero-order chi connectivity index (χ0) is 42.4. The predicted octanol–water partition coefficient (Wildman–Crippen LogP) is 5.98. The number of likely N-dealkylation sites (N-methyl/N-ethyl adjacent to an activating group) is 1. The van der Waals surface area contributed by atoms with Gasteiger partial charge in [0.15, 0.2) is 0 Å². The summed E-state index contributed by atoms with van der Waals surface area (Å²) in [5.74, 6) is -3.40. The predicted molar refractivity (Wildman–Crippen MR) is 212 cm³/mol. The number of carbonyl (C=O) groups excluding carboxylic acids is 3. The van der Waals surface area contributed by atoms with Gasteiger partial charge in [0.1, 0.15) is 6.04 Å². The van der Waals surface area contributed by atoms with E-state index in [1.54, 1.807) is 12.3 Å². The molecule has 0 aliphatic heterocycles. The lowest BCUT2D eigenvalue weighted by Gasteiger charge is -2.29. The molecule has 14 nitrogen and oxygen atoms in total. The first-order chi connectivity index (χ1) is 27.6. The molecule has 0 saturated heterocycles. The van der Waals surface area contributed by atoms with E-state index in [2.05, 4.69) is 50.2 Å². The lowest BCUT2D eigenvalue weighted by molar-refractivity contribution is -0.192. The largest absolute Gasteiger partial charge is 0.490 e. The van der Waals surface area contributed by atoms with Crippen LogP contribution in [-0.2, 0) is 20.8 Å². The van der Waals surface area contributed by atoms with Gasteiger partial charge >= 0.3 is 18.2 Å². The summed E-state index contributed by atoms with van der Waals surface area (Å²) in [6.07, 6.45) is -1.39. The number of benzene rings is 3. The third-order valence-electron chi connectivity index (χ3n) is 10.1. The molecular formula is C41H50F3N7O7. The van der Waals surface area contributed by atoms with Gasteiger partial charge in [0, 0.05) is 48.6 Å². The number of H-pyrrole nitrogens is 1. The van der Waals surface area contributed by atoms with Crippen molar-refractivity contribution in [3.63, 3.8) is 0 Å². The molecule has 4 amide bonds. The minimum Gasteiger partial charge on any atom is -0.475 e. The van der Waals surface area contributed by atoms with Crippen LogP contribution in [0.4, 0.5) is 23.7 Å². The Morgan fingerprint density at radius 3 is 2.19 bits per heavy atom. The number of carboxylic acids is 1. The van der Waals surface area contributed by atoms with Crippen LogP contribution in [0, 0.1) is 18.8 Å². The Bertz CT molecular complexity index is 2030. The van der Waals surface area contributed by atoms with Crippen molar-refractivity contribution in [1.29, 1.82) is 0 Å². The number of hydrogen-bond acceptors (Lipinski definition) is 7. The number of amides is 4. The van der Waals surface area contributed by atoms with E-state index in [9.17, 15) is 32.3 Å². The van der Waals surface area contributed by atoms with Gasteiger partial charge in [0.05, 0.1) is 11.7 Å². The van der Waals surface area contributed by atoms with Crippen LogP contribution in [0.15, 0.2) is 66.9 Å². The van der Waals surface area contributed by atoms with Crippen LogP contribution in [-0.4, -0.2) is 100 Å². The maximum Gasteiger partial charge on any atom is 0.490 e. The van der Waals surface area contributed by atoms with E-state index >= 15 is 0 Å². The number of nitrogens with zero attached hydrogens (tertiary/aromatic N) is 2. The van der Waals surface area contributed by atoms with Crippen molar-refractivity contribution in [3.8, 4) is 11.1 Å². The molecule has 1 saturated carbocycles. The summed E-state index contributed by atoms with van der Waals surface area (Å²) >= 11 is 0. The second-order valence-corrected chi connectivity index (χ2v) is 14.1. The Morgan fingerprint density at radius 1 is 0.914 bits per heavy atom. The summed E-state index contributed by atoms with van der Waals surface area (Å²) in [6, 6.07) is 18.3. The number of carboxylic acid groups (broad SMARTS) is 2. The molecule has 17 heteroatoms. The second-order valence-electron chi connectivity index (χ2n) is 14.1. The summed E-state index contributed by atoms with van der Waals surface area (Å²) in [4.78, 5) is 62.0. The number of fused-ring (bicyclic) bond motifs is 1. The van der Waals surface area contributed by atoms with Crippen LogP contribution >= 0.6 is 0 Å². The van der Waals surface area contributed by atoms with Gasteiger partial charge in [-0.05, 0) is 104 Å². The highest BCUT2D eigenvalue weighted by Gasteiger charge is 2.38. The number of hydrogen-bond donors (Lipinski definition) is 7. The van der Waals surface area contributed by atoms with E-state index < -0.39 is 24.3 Å². The summed E-state index contributed by atoms with van der Waals surface area (Å²) in [7, 11) is 0. The average molecular weight is 810 g/mol. The molecule has 1 atom stereocenters. The molecule has 1 aliphatic carbocycles. The first-order valence-corrected chi connectivity index (χ1v) is 19.1. The maximum absolute atomic E-state index is 13.7. The molecule has 3 aromatic carbocycles. The number of aryl methyl sites for hydroxylation is 1. The number of carbonyl (C=O) groups is 5. The van der Waals surface area contributed by atoms with E-state index in [-0.39, 0.29) is 36.0 Å². The number of halogens is 3. The van der Waals surface area contributed by atoms with Crippen molar-refractivity contribution in [2.75, 3.05) is 38.0 Å². The van der Waals surface area contributed by atoms with Crippen LogP contribution in [0.3, 0.4) is 0 Å². The summed E-state index contributed by atoms with van der Waals surface area (Å²) in [5, 5.41) is 35.4. The fourth-order valence-corrected chi connectivity index (χ4v) is 6.76. The van der Waals surface area contributed by atoms with Crippen LogP contribution in [0.5, 0.6) is 0 Å². The Hall–Kier alpha value is -5.97. The molecule has 5 rings (SSSR count). The molecule has 0 radical (unpaired) electrons. The Labute approximate surface area is 334 Å². The average Bonchev–Trinajstić information content (AvgIpc) is 3.67. The standard InChI is InChI=1S/C39H49N7O5.C2HF3O2/c1-4-46(5-2)19-18-40-36(47)30-15-17-33(25(3)20-30)28-10-6-26(7-11-28)21-35(38(49)43-32-16-14-31-24-42-45-34(31)22-32)44-37(48)29-12-8-27(9-13-29)23-41-39(50)51;3-2(4,5)1(6)7/h6-7,10-11,14-17,20,22,24,27,29,35,41H,4-5,8-9,12-13,18-19,21,23H2,1-3H3,(H,40,47)(H,42,45)(H,43,49)(H,44,48)(H,50,51);(H,6,7)/t27?,29?,35-;/m0./s1. The number of anilines is 1. The SMILES string of the molecule is CCN(CC)CCNC(=O)c1ccc(-c2ccc(C[C@H](NC(=O)C3CCC(CNC(=O)O)CC3)C(=O)Nc3ccc4cn[nH]c4c3)cc2)c(C)c1.O=C(O)C(F)(F)F. The smallest absolute Gasteiger partial charge is 0.475 e. The molecule has 1 heterocycles. The molecule has 1 fully saturated rings. The fraction of sp³-hybridized carbons (Fsp3) is 0.415. The topological polar surface area (TPSA) is 206 Å². The van der Waals surface area contributed by atoms with E-state index in [4.69, 9.17) is 15.0 Å². The fourth-order valence-electron chi connectivity index (χ4n) is 6.76. The number of nitrogens with one attached hydrogen (secondary N) is 5. The summed E-state index contributed by atoms with van der Waals surface area (Å²) < 4.78 is 31.7. The number of aromatic nitrogens is 2. The molecule has 0 spiro atoms. The van der Waals surface area contributed by atoms with Crippen LogP contribution < -0.4 is 21.3 Å². The van der Waals surface area contributed by atoms with E-state index in [0.29, 0.717) is 37.2 Å². The van der Waals surface area contributed by atoms with Crippen molar-refractivity contribution < 1.29 is 47.4 Å². The minimum atomic E-state index is -5.08. The van der Waals surface area contributed by atoms with Crippen molar-refractivity contribution in [2.45, 2.75) is 65.1 Å². The highest BCUT2D eigenvalue weighted by Crippen LogP contribution is 2.29. The molecule has 0 bridgehead atoms. The third-order valence-corrected chi connectivity index (χ3v) is 10.1. The van der Waals surface area contributed by atoms with Crippen molar-refractivity contribution in [3.05, 3.63) is 83.6 Å². The maximum atomic E-state index is 13.7. The van der Waals surface area contributed by atoms with Gasteiger partial charge in [-0.15, -0.1) is 0 Å². The van der Waals surface area contributed by atoms with Crippen LogP contribution in [0.25, 0.3) is 22.0 Å². The van der Waals surface area contributed by atoms with Gasteiger partial charge in [-0.25, -0.2) is 9.59 Å². The zero-order valence-electron chi connectivity index (χ0n) is 32.6.